The lowest BCUT2D eigenvalue weighted by Crippen LogP contribution is -2.61. The average Bonchev–Trinajstić information content (AvgIpc) is 3.37. The maximum Gasteiger partial charge on any atom is 0.412 e. The van der Waals surface area contributed by atoms with Crippen molar-refractivity contribution in [3.05, 3.63) is 46.7 Å². The normalized spacial score (nSPS) is 16.8. The van der Waals surface area contributed by atoms with Gasteiger partial charge in [-0.25, -0.2) is 28.3 Å². The van der Waals surface area contributed by atoms with Crippen LogP contribution in [0.3, 0.4) is 0 Å². The molecule has 2 unspecified atom stereocenters. The van der Waals surface area contributed by atoms with Gasteiger partial charge in [-0.05, 0) is 73.1 Å². The molecule has 1 N–H and O–H groups in total. The molecule has 4 aromatic rings. The highest BCUT2D eigenvalue weighted by Crippen LogP contribution is 2.46. The summed E-state index contributed by atoms with van der Waals surface area (Å²) in [4.78, 5) is 38.1. The van der Waals surface area contributed by atoms with E-state index in [1.807, 2.05) is 24.8 Å². The Morgan fingerprint density at radius 1 is 1.12 bits per heavy atom. The molecule has 2 amide bonds. The van der Waals surface area contributed by atoms with Crippen molar-refractivity contribution in [3.8, 4) is 17.2 Å². The smallest absolute Gasteiger partial charge is 0.412 e. The van der Waals surface area contributed by atoms with Gasteiger partial charge in [-0.3, -0.25) is 5.32 Å². The minimum Gasteiger partial charge on any atom is -0.444 e. The van der Waals surface area contributed by atoms with Crippen LogP contribution in [0.25, 0.3) is 32.1 Å². The molecule has 2 aromatic carbocycles. The summed E-state index contributed by atoms with van der Waals surface area (Å²) in [7, 11) is 0. The highest BCUT2D eigenvalue weighted by atomic mass is 35.5. The largest absolute Gasteiger partial charge is 0.444 e. The summed E-state index contributed by atoms with van der Waals surface area (Å²) < 4.78 is 48.8. The molecule has 11 nitrogen and oxygen atoms in total. The van der Waals surface area contributed by atoms with Crippen molar-refractivity contribution in [2.45, 2.75) is 78.7 Å². The van der Waals surface area contributed by atoms with E-state index in [4.69, 9.17) is 25.8 Å². The van der Waals surface area contributed by atoms with Crippen molar-refractivity contribution in [3.63, 3.8) is 0 Å². The molecule has 0 saturated carbocycles. The maximum absolute atomic E-state index is 16.8. The Balaban J connectivity index is 1.61. The first kappa shape index (κ1) is 36.9. The molecule has 0 aliphatic carbocycles. The number of carbonyl (C=O) groups excluding carboxylic acids is 2. The second kappa shape index (κ2) is 14.1. The van der Waals surface area contributed by atoms with E-state index in [9.17, 15) is 14.9 Å². The number of ether oxygens (including phenoxy) is 3. The fourth-order valence-corrected chi connectivity index (χ4v) is 7.33. The first-order valence-electron chi connectivity index (χ1n) is 16.1. The van der Waals surface area contributed by atoms with Crippen LogP contribution in [0.5, 0.6) is 0 Å². The lowest BCUT2D eigenvalue weighted by molar-refractivity contribution is 0.0140. The molecule has 2 atom stereocenters. The zero-order valence-electron chi connectivity index (χ0n) is 29.1. The number of carbonyl (C=O) groups is 2. The highest BCUT2D eigenvalue weighted by molar-refractivity contribution is 7.23. The van der Waals surface area contributed by atoms with Crippen LogP contribution in [0.1, 0.15) is 61.0 Å². The van der Waals surface area contributed by atoms with E-state index in [2.05, 4.69) is 15.3 Å². The molecule has 1 saturated heterocycles. The summed E-state index contributed by atoms with van der Waals surface area (Å²) in [6.07, 6.45) is -0.0279. The quantitative estimate of drug-likeness (QED) is 0.208. The fraction of sp³-hybridized carbons (Fsp3) is 0.457. The molecule has 50 heavy (non-hydrogen) atoms. The van der Waals surface area contributed by atoms with Gasteiger partial charge in [0.2, 0.25) is 0 Å². The van der Waals surface area contributed by atoms with E-state index in [0.717, 1.165) is 17.4 Å². The summed E-state index contributed by atoms with van der Waals surface area (Å²) in [6, 6.07) is 5.41. The summed E-state index contributed by atoms with van der Waals surface area (Å²) in [5.74, 6) is -1.07. The van der Waals surface area contributed by atoms with Crippen molar-refractivity contribution < 1.29 is 32.6 Å². The topological polar surface area (TPSA) is 130 Å². The predicted molar refractivity (Wildman–Crippen MR) is 190 cm³/mol. The van der Waals surface area contributed by atoms with Crippen LogP contribution in [0.15, 0.2) is 24.5 Å². The molecule has 266 valence electrons. The van der Waals surface area contributed by atoms with Gasteiger partial charge in [-0.2, -0.15) is 5.26 Å². The molecule has 15 heteroatoms. The molecular formula is C35H39ClF2N6O5S. The van der Waals surface area contributed by atoms with Crippen molar-refractivity contribution in [1.82, 2.24) is 14.9 Å². The number of nitrogens with zero attached hydrogens (tertiary/aromatic N) is 5. The minimum absolute atomic E-state index is 0.0273. The van der Waals surface area contributed by atoms with Crippen molar-refractivity contribution >= 4 is 66.9 Å². The number of nitriles is 1. The van der Waals surface area contributed by atoms with Gasteiger partial charge in [-0.15, -0.1) is 11.3 Å². The van der Waals surface area contributed by atoms with Crippen molar-refractivity contribution in [1.29, 1.82) is 5.26 Å². The molecule has 0 radical (unpaired) electrons. The zero-order chi connectivity index (χ0) is 36.7. The number of rotatable bonds is 6. The molecule has 1 aliphatic heterocycles. The van der Waals surface area contributed by atoms with E-state index in [-0.39, 0.29) is 67.6 Å². The molecular weight excluding hydrogens is 690 g/mol. The van der Waals surface area contributed by atoms with Gasteiger partial charge in [0.25, 0.3) is 0 Å². The van der Waals surface area contributed by atoms with Crippen LogP contribution in [0, 0.1) is 23.0 Å². The summed E-state index contributed by atoms with van der Waals surface area (Å²) in [5, 5.41) is 13.1. The monoisotopic (exact) mass is 728 g/mol. The van der Waals surface area contributed by atoms with Gasteiger partial charge >= 0.3 is 12.2 Å². The second-order valence-electron chi connectivity index (χ2n) is 13.9. The summed E-state index contributed by atoms with van der Waals surface area (Å²) in [5.41, 5.74) is -1.57. The lowest BCUT2D eigenvalue weighted by Gasteiger charge is -2.46. The second-order valence-corrected chi connectivity index (χ2v) is 15.4. The first-order valence-corrected chi connectivity index (χ1v) is 17.3. The Labute approximate surface area is 298 Å². The molecule has 0 spiro atoms. The fourth-order valence-electron chi connectivity index (χ4n) is 5.97. The predicted octanol–water partition coefficient (Wildman–Crippen LogP) is 8.51. The van der Waals surface area contributed by atoms with Crippen LogP contribution in [-0.2, 0) is 14.2 Å². The third kappa shape index (κ3) is 7.55. The van der Waals surface area contributed by atoms with Gasteiger partial charge in [0.15, 0.2) is 5.82 Å². The Hall–Kier alpha value is -4.32. The number of benzene rings is 2. The van der Waals surface area contributed by atoms with Gasteiger partial charge in [0.1, 0.15) is 45.8 Å². The SMILES string of the molecule is CCOCC1CN(C(=O)OC(C)(C)C)CC(C)N1c1ncnc2c(F)c(-c3ccc(F)c4sc(NC(=O)OC(C)(C)C)c(C#N)c34)c(Cl)cc12. The van der Waals surface area contributed by atoms with Crippen LogP contribution < -0.4 is 10.2 Å². The molecule has 3 heterocycles. The van der Waals surface area contributed by atoms with Crippen LogP contribution in [0.2, 0.25) is 5.02 Å². The maximum atomic E-state index is 16.8. The van der Waals surface area contributed by atoms with Crippen LogP contribution in [-0.4, -0.2) is 76.6 Å². The van der Waals surface area contributed by atoms with E-state index in [1.165, 1.54) is 12.4 Å². The Bertz CT molecular complexity index is 2000. The molecule has 5 rings (SSSR count). The number of piperazine rings is 1. The van der Waals surface area contributed by atoms with Crippen molar-refractivity contribution in [2.24, 2.45) is 0 Å². The van der Waals surface area contributed by atoms with Gasteiger partial charge in [0, 0.05) is 42.1 Å². The molecule has 0 bridgehead atoms. The average molecular weight is 729 g/mol. The molecule has 1 aliphatic rings. The lowest BCUT2D eigenvalue weighted by atomic mass is 9.96. The number of anilines is 2. The van der Waals surface area contributed by atoms with Gasteiger partial charge < -0.3 is 24.0 Å². The molecule has 2 aromatic heterocycles. The Kier molecular flexibility index (Phi) is 10.4. The number of nitrogens with one attached hydrogen (secondary N) is 1. The summed E-state index contributed by atoms with van der Waals surface area (Å²) >= 11 is 7.70. The van der Waals surface area contributed by atoms with E-state index >= 15 is 8.78 Å². The third-order valence-electron chi connectivity index (χ3n) is 7.78. The zero-order valence-corrected chi connectivity index (χ0v) is 30.7. The first-order chi connectivity index (χ1) is 23.4. The number of aromatic nitrogens is 2. The number of amides is 2. The van der Waals surface area contributed by atoms with Gasteiger partial charge in [0.05, 0.1) is 27.9 Å². The van der Waals surface area contributed by atoms with Crippen LogP contribution in [0.4, 0.5) is 29.2 Å². The third-order valence-corrected chi connectivity index (χ3v) is 9.19. The number of hydrogen-bond acceptors (Lipinski definition) is 10. The van der Waals surface area contributed by atoms with Gasteiger partial charge in [-0.1, -0.05) is 17.7 Å². The highest BCUT2D eigenvalue weighted by Gasteiger charge is 2.38. The number of thiophene rings is 1. The summed E-state index contributed by atoms with van der Waals surface area (Å²) in [6.45, 7) is 15.5. The minimum atomic E-state index is -0.828. The Morgan fingerprint density at radius 3 is 2.46 bits per heavy atom. The Morgan fingerprint density at radius 2 is 1.82 bits per heavy atom. The van der Waals surface area contributed by atoms with E-state index in [0.29, 0.717) is 24.4 Å². The standard InChI is InChI=1S/C35H39ClF2N6O5S/c1-9-47-16-19-15-43(33(46)49-35(6,7)8)14-18(2)44(19)30-21-12-23(36)26(27(38)28(21)40-17-41-30)20-10-11-24(37)29-25(20)22(13-39)31(50-29)42-32(45)48-34(3,4)5/h10-12,17-19H,9,14-16H2,1-8H3,(H,42,45). The molecule has 1 fully saturated rings. The van der Waals surface area contributed by atoms with E-state index < -0.39 is 35.0 Å². The van der Waals surface area contributed by atoms with Crippen LogP contribution >= 0.6 is 22.9 Å². The number of halogens is 3. The number of fused-ring (bicyclic) bond motifs is 2. The van der Waals surface area contributed by atoms with Crippen molar-refractivity contribution in [2.75, 3.05) is 36.5 Å². The number of hydrogen-bond donors (Lipinski definition) is 1. The van der Waals surface area contributed by atoms with E-state index in [1.54, 1.807) is 52.5 Å².